The number of carbonyl (C=O) groups is 2. The third kappa shape index (κ3) is 5.17. The zero-order valence-electron chi connectivity index (χ0n) is 17.3. The summed E-state index contributed by atoms with van der Waals surface area (Å²) >= 11 is 0. The Morgan fingerprint density at radius 3 is 1.83 bits per heavy atom. The van der Waals surface area contributed by atoms with Crippen molar-refractivity contribution < 1.29 is 14.3 Å². The van der Waals surface area contributed by atoms with E-state index in [0.717, 1.165) is 58.4 Å². The van der Waals surface area contributed by atoms with Crippen LogP contribution >= 0.6 is 0 Å². The summed E-state index contributed by atoms with van der Waals surface area (Å²) in [6, 6.07) is 10.5. The van der Waals surface area contributed by atoms with Crippen LogP contribution in [0.3, 0.4) is 0 Å². The Bertz CT molecular complexity index is 674. The summed E-state index contributed by atoms with van der Waals surface area (Å²) < 4.78 is 5.35. The molecule has 0 bridgehead atoms. The van der Waals surface area contributed by atoms with Gasteiger partial charge >= 0.3 is 0 Å². The first kappa shape index (κ1) is 20.4. The van der Waals surface area contributed by atoms with E-state index >= 15 is 0 Å². The summed E-state index contributed by atoms with van der Waals surface area (Å²) in [6.07, 6.45) is 3.40. The molecule has 0 spiro atoms. The van der Waals surface area contributed by atoms with Gasteiger partial charge in [-0.05, 0) is 31.2 Å². The summed E-state index contributed by atoms with van der Waals surface area (Å²) in [7, 11) is 0. The maximum absolute atomic E-state index is 13.0. The molecule has 0 radical (unpaired) electrons. The van der Waals surface area contributed by atoms with Crippen LogP contribution < -0.4 is 0 Å². The zero-order chi connectivity index (χ0) is 20.1. The van der Waals surface area contributed by atoms with Gasteiger partial charge in [0.25, 0.3) is 0 Å². The minimum Gasteiger partial charge on any atom is -0.378 e. The van der Waals surface area contributed by atoms with Crippen molar-refractivity contribution in [1.82, 2.24) is 14.7 Å². The lowest BCUT2D eigenvalue weighted by atomic mass is 9.80. The first-order valence-corrected chi connectivity index (χ1v) is 11.1. The van der Waals surface area contributed by atoms with Crippen molar-refractivity contribution >= 4 is 11.8 Å². The smallest absolute Gasteiger partial charge is 0.225 e. The van der Waals surface area contributed by atoms with Gasteiger partial charge in [-0.3, -0.25) is 14.5 Å². The summed E-state index contributed by atoms with van der Waals surface area (Å²) in [5.74, 6) is 0.777. The molecule has 29 heavy (non-hydrogen) atoms. The predicted octanol–water partition coefficient (Wildman–Crippen LogP) is 2.00. The fraction of sp³-hybridized carbons (Fsp3) is 0.652. The number of amides is 2. The first-order valence-electron chi connectivity index (χ1n) is 11.1. The molecule has 2 aliphatic heterocycles. The Hall–Kier alpha value is -1.92. The molecule has 0 atom stereocenters. The summed E-state index contributed by atoms with van der Waals surface area (Å²) in [6.45, 7) is 7.19. The topological polar surface area (TPSA) is 53.1 Å². The van der Waals surface area contributed by atoms with Crippen molar-refractivity contribution in [1.29, 1.82) is 0 Å². The van der Waals surface area contributed by atoms with Gasteiger partial charge in [0.15, 0.2) is 0 Å². The lowest BCUT2D eigenvalue weighted by Gasteiger charge is -2.38. The standard InChI is InChI=1S/C23H33N3O3/c27-22(25-12-10-24(11-13-25)18-19-4-2-1-3-5-19)20-6-8-21(9-7-20)23(28)26-14-16-29-17-15-26/h1-5,20-21H,6-18H2. The van der Waals surface area contributed by atoms with Crippen LogP contribution in [-0.4, -0.2) is 79.0 Å². The van der Waals surface area contributed by atoms with Gasteiger partial charge in [0, 0.05) is 57.6 Å². The van der Waals surface area contributed by atoms with E-state index in [0.29, 0.717) is 32.2 Å². The van der Waals surface area contributed by atoms with Gasteiger partial charge in [-0.25, -0.2) is 0 Å². The molecule has 6 nitrogen and oxygen atoms in total. The maximum Gasteiger partial charge on any atom is 0.225 e. The number of morpholine rings is 1. The summed E-state index contributed by atoms with van der Waals surface area (Å²) in [5, 5.41) is 0. The number of hydrogen-bond donors (Lipinski definition) is 0. The average Bonchev–Trinajstić information content (AvgIpc) is 2.80. The van der Waals surface area contributed by atoms with Gasteiger partial charge in [0.1, 0.15) is 0 Å². The predicted molar refractivity (Wildman–Crippen MR) is 111 cm³/mol. The maximum atomic E-state index is 13.0. The molecule has 1 aliphatic carbocycles. The molecule has 2 saturated heterocycles. The number of piperazine rings is 1. The van der Waals surface area contributed by atoms with Crippen molar-refractivity contribution in [3.8, 4) is 0 Å². The lowest BCUT2D eigenvalue weighted by molar-refractivity contribution is -0.144. The van der Waals surface area contributed by atoms with Crippen molar-refractivity contribution in [3.63, 3.8) is 0 Å². The molecule has 1 aromatic rings. The quantitative estimate of drug-likeness (QED) is 0.777. The molecule has 0 aromatic heterocycles. The number of rotatable bonds is 4. The number of hydrogen-bond acceptors (Lipinski definition) is 4. The van der Waals surface area contributed by atoms with Crippen LogP contribution in [0.5, 0.6) is 0 Å². The highest BCUT2D eigenvalue weighted by atomic mass is 16.5. The van der Waals surface area contributed by atoms with E-state index in [1.807, 2.05) is 11.0 Å². The van der Waals surface area contributed by atoms with Gasteiger partial charge in [-0.1, -0.05) is 30.3 Å². The molecule has 3 aliphatic rings. The second-order valence-corrected chi connectivity index (χ2v) is 8.57. The molecule has 0 unspecified atom stereocenters. The number of benzene rings is 1. The average molecular weight is 400 g/mol. The molecular weight excluding hydrogens is 366 g/mol. The van der Waals surface area contributed by atoms with Gasteiger partial charge in [-0.15, -0.1) is 0 Å². The molecule has 2 amide bonds. The third-order valence-corrected chi connectivity index (χ3v) is 6.68. The Morgan fingerprint density at radius 2 is 1.28 bits per heavy atom. The number of ether oxygens (including phenoxy) is 1. The van der Waals surface area contributed by atoms with Gasteiger partial charge in [0.05, 0.1) is 13.2 Å². The van der Waals surface area contributed by atoms with E-state index in [2.05, 4.69) is 34.1 Å². The summed E-state index contributed by atoms with van der Waals surface area (Å²) in [5.41, 5.74) is 1.33. The van der Waals surface area contributed by atoms with E-state index in [-0.39, 0.29) is 17.7 Å². The van der Waals surface area contributed by atoms with E-state index < -0.39 is 0 Å². The fourth-order valence-corrected chi connectivity index (χ4v) is 4.86. The minimum atomic E-state index is 0.0971. The van der Waals surface area contributed by atoms with E-state index in [1.54, 1.807) is 0 Å². The van der Waals surface area contributed by atoms with Crippen molar-refractivity contribution in [3.05, 3.63) is 35.9 Å². The van der Waals surface area contributed by atoms with E-state index in [9.17, 15) is 9.59 Å². The van der Waals surface area contributed by atoms with Crippen LogP contribution in [-0.2, 0) is 20.9 Å². The molecular formula is C23H33N3O3. The third-order valence-electron chi connectivity index (χ3n) is 6.68. The van der Waals surface area contributed by atoms with Crippen LogP contribution in [0.15, 0.2) is 30.3 Å². The van der Waals surface area contributed by atoms with Gasteiger partial charge < -0.3 is 14.5 Å². The van der Waals surface area contributed by atoms with E-state index in [4.69, 9.17) is 4.74 Å². The monoisotopic (exact) mass is 399 g/mol. The number of carbonyl (C=O) groups excluding carboxylic acids is 2. The van der Waals surface area contributed by atoms with E-state index in [1.165, 1.54) is 5.56 Å². The molecule has 2 heterocycles. The normalized spacial score (nSPS) is 26.3. The highest BCUT2D eigenvalue weighted by Gasteiger charge is 2.35. The van der Waals surface area contributed by atoms with Crippen molar-refractivity contribution in [2.45, 2.75) is 32.2 Å². The molecule has 0 N–H and O–H groups in total. The largest absolute Gasteiger partial charge is 0.378 e. The second-order valence-electron chi connectivity index (χ2n) is 8.57. The highest BCUT2D eigenvalue weighted by Crippen LogP contribution is 2.31. The Labute approximate surface area is 173 Å². The molecule has 4 rings (SSSR count). The molecule has 6 heteroatoms. The lowest BCUT2D eigenvalue weighted by Crippen LogP contribution is -2.50. The van der Waals surface area contributed by atoms with Crippen LogP contribution in [0.2, 0.25) is 0 Å². The van der Waals surface area contributed by atoms with Crippen LogP contribution in [0.25, 0.3) is 0 Å². The zero-order valence-corrected chi connectivity index (χ0v) is 17.3. The minimum absolute atomic E-state index is 0.0971. The van der Waals surface area contributed by atoms with Crippen molar-refractivity contribution in [2.75, 3.05) is 52.5 Å². The molecule has 1 aromatic carbocycles. The summed E-state index contributed by atoms with van der Waals surface area (Å²) in [4.78, 5) is 32.1. The van der Waals surface area contributed by atoms with Crippen molar-refractivity contribution in [2.24, 2.45) is 11.8 Å². The van der Waals surface area contributed by atoms with Gasteiger partial charge in [-0.2, -0.15) is 0 Å². The SMILES string of the molecule is O=C(C1CCC(C(=O)N2CCN(Cc3ccccc3)CC2)CC1)N1CCOCC1. The Morgan fingerprint density at radius 1 is 0.759 bits per heavy atom. The number of nitrogens with zero attached hydrogens (tertiary/aromatic N) is 3. The Balaban J connectivity index is 1.20. The van der Waals surface area contributed by atoms with Gasteiger partial charge in [0.2, 0.25) is 11.8 Å². The second kappa shape index (κ2) is 9.72. The van der Waals surface area contributed by atoms with Crippen LogP contribution in [0.4, 0.5) is 0 Å². The molecule has 1 saturated carbocycles. The Kier molecular flexibility index (Phi) is 6.82. The highest BCUT2D eigenvalue weighted by molar-refractivity contribution is 5.81. The first-order chi connectivity index (χ1) is 14.2. The molecule has 3 fully saturated rings. The van der Waals surface area contributed by atoms with Crippen LogP contribution in [0.1, 0.15) is 31.2 Å². The fourth-order valence-electron chi connectivity index (χ4n) is 4.86. The van der Waals surface area contributed by atoms with Crippen LogP contribution in [0, 0.1) is 11.8 Å². The molecule has 158 valence electrons.